The smallest absolute Gasteiger partial charge is 0.279 e. The Hall–Kier alpha value is -3.42. The molecule has 0 aliphatic rings. The number of hydrazine groups is 1. The van der Waals surface area contributed by atoms with E-state index in [0.29, 0.717) is 28.6 Å². The van der Waals surface area contributed by atoms with Gasteiger partial charge in [-0.15, -0.1) is 0 Å². The summed E-state index contributed by atoms with van der Waals surface area (Å²) in [4.78, 5) is 24.4. The third-order valence-corrected chi connectivity index (χ3v) is 3.69. The molecule has 144 valence electrons. The standard InChI is InChI=1S/C19H22N2O6/c1-12(27-16-8-6-5-7-14(16)24-2)18(22)20-21-19(23)13-9-10-15(25-3)17(11-13)26-4/h5-12H,1-4H3,(H,20,22)(H,21,23). The Kier molecular flexibility index (Phi) is 6.87. The summed E-state index contributed by atoms with van der Waals surface area (Å²) in [5.74, 6) is 0.810. The summed E-state index contributed by atoms with van der Waals surface area (Å²) in [5, 5.41) is 0. The molecular weight excluding hydrogens is 352 g/mol. The van der Waals surface area contributed by atoms with E-state index in [-0.39, 0.29) is 0 Å². The van der Waals surface area contributed by atoms with Crippen LogP contribution < -0.4 is 29.8 Å². The van der Waals surface area contributed by atoms with Crippen molar-refractivity contribution < 1.29 is 28.5 Å². The number of rotatable bonds is 7. The maximum Gasteiger partial charge on any atom is 0.279 e. The second-order valence-electron chi connectivity index (χ2n) is 5.42. The Morgan fingerprint density at radius 2 is 1.41 bits per heavy atom. The number of amides is 2. The van der Waals surface area contributed by atoms with Gasteiger partial charge in [0.15, 0.2) is 29.1 Å². The van der Waals surface area contributed by atoms with Gasteiger partial charge in [0.25, 0.3) is 11.8 Å². The van der Waals surface area contributed by atoms with Crippen LogP contribution in [0.2, 0.25) is 0 Å². The number of para-hydroxylation sites is 2. The first-order valence-corrected chi connectivity index (χ1v) is 8.12. The summed E-state index contributed by atoms with van der Waals surface area (Å²) in [6.07, 6.45) is -0.855. The lowest BCUT2D eigenvalue weighted by atomic mass is 10.2. The minimum Gasteiger partial charge on any atom is -0.493 e. The minimum absolute atomic E-state index is 0.297. The quantitative estimate of drug-likeness (QED) is 0.719. The highest BCUT2D eigenvalue weighted by Gasteiger charge is 2.18. The zero-order chi connectivity index (χ0) is 19.8. The number of benzene rings is 2. The molecule has 8 heteroatoms. The van der Waals surface area contributed by atoms with Gasteiger partial charge in [0.1, 0.15) is 0 Å². The van der Waals surface area contributed by atoms with E-state index in [1.54, 1.807) is 43.3 Å². The van der Waals surface area contributed by atoms with Crippen molar-refractivity contribution in [2.24, 2.45) is 0 Å². The molecule has 27 heavy (non-hydrogen) atoms. The van der Waals surface area contributed by atoms with Crippen LogP contribution in [0.15, 0.2) is 42.5 Å². The highest BCUT2D eigenvalue weighted by atomic mass is 16.5. The number of methoxy groups -OCH3 is 3. The normalized spacial score (nSPS) is 11.1. The van der Waals surface area contributed by atoms with E-state index >= 15 is 0 Å². The van der Waals surface area contributed by atoms with E-state index in [1.807, 2.05) is 0 Å². The van der Waals surface area contributed by atoms with Crippen LogP contribution in [0.1, 0.15) is 17.3 Å². The molecule has 0 aliphatic carbocycles. The van der Waals surface area contributed by atoms with E-state index in [9.17, 15) is 9.59 Å². The van der Waals surface area contributed by atoms with E-state index in [2.05, 4.69) is 10.9 Å². The number of nitrogens with one attached hydrogen (secondary N) is 2. The maximum absolute atomic E-state index is 12.2. The van der Waals surface area contributed by atoms with Crippen LogP contribution in [-0.2, 0) is 4.79 Å². The van der Waals surface area contributed by atoms with Crippen LogP contribution in [0.3, 0.4) is 0 Å². The number of ether oxygens (including phenoxy) is 4. The molecule has 2 aromatic rings. The second kappa shape index (κ2) is 9.33. The molecular formula is C19H22N2O6. The summed E-state index contributed by atoms with van der Waals surface area (Å²) in [5.41, 5.74) is 4.96. The van der Waals surface area contributed by atoms with Gasteiger partial charge in [-0.2, -0.15) is 0 Å². The first-order valence-electron chi connectivity index (χ1n) is 8.12. The summed E-state index contributed by atoms with van der Waals surface area (Å²) >= 11 is 0. The summed E-state index contributed by atoms with van der Waals surface area (Å²) in [7, 11) is 4.48. The topological polar surface area (TPSA) is 95.1 Å². The molecule has 0 spiro atoms. The molecule has 1 unspecified atom stereocenters. The van der Waals surface area contributed by atoms with Gasteiger partial charge >= 0.3 is 0 Å². The average molecular weight is 374 g/mol. The van der Waals surface area contributed by atoms with Crippen LogP contribution in [0.25, 0.3) is 0 Å². The van der Waals surface area contributed by atoms with Crippen molar-refractivity contribution >= 4 is 11.8 Å². The zero-order valence-corrected chi connectivity index (χ0v) is 15.6. The zero-order valence-electron chi connectivity index (χ0n) is 15.6. The van der Waals surface area contributed by atoms with Gasteiger partial charge in [0, 0.05) is 5.56 Å². The lowest BCUT2D eigenvalue weighted by molar-refractivity contribution is -0.128. The van der Waals surface area contributed by atoms with E-state index < -0.39 is 17.9 Å². The Labute approximate surface area is 157 Å². The molecule has 2 N–H and O–H groups in total. The van der Waals surface area contributed by atoms with Crippen molar-refractivity contribution in [3.63, 3.8) is 0 Å². The largest absolute Gasteiger partial charge is 0.493 e. The van der Waals surface area contributed by atoms with Gasteiger partial charge in [-0.25, -0.2) is 0 Å². The predicted molar refractivity (Wildman–Crippen MR) is 98.2 cm³/mol. The van der Waals surface area contributed by atoms with Crippen molar-refractivity contribution in [2.75, 3.05) is 21.3 Å². The van der Waals surface area contributed by atoms with Crippen molar-refractivity contribution in [3.05, 3.63) is 48.0 Å². The highest BCUT2D eigenvalue weighted by molar-refractivity contribution is 5.96. The summed E-state index contributed by atoms with van der Waals surface area (Å²) < 4.78 is 21.0. The Morgan fingerprint density at radius 3 is 2.04 bits per heavy atom. The van der Waals surface area contributed by atoms with Gasteiger partial charge in [0.05, 0.1) is 21.3 Å². The Morgan fingerprint density at radius 1 is 0.815 bits per heavy atom. The van der Waals surface area contributed by atoms with Crippen LogP contribution in [-0.4, -0.2) is 39.2 Å². The fourth-order valence-corrected chi connectivity index (χ4v) is 2.23. The molecule has 2 aromatic carbocycles. The van der Waals surface area contributed by atoms with Crippen LogP contribution in [0.4, 0.5) is 0 Å². The maximum atomic E-state index is 12.2. The molecule has 0 bridgehead atoms. The molecule has 0 fully saturated rings. The molecule has 0 heterocycles. The number of hydrogen-bond donors (Lipinski definition) is 2. The predicted octanol–water partition coefficient (Wildman–Crippen LogP) is 1.94. The molecule has 8 nitrogen and oxygen atoms in total. The number of carbonyl (C=O) groups excluding carboxylic acids is 2. The van der Waals surface area contributed by atoms with Crippen LogP contribution >= 0.6 is 0 Å². The monoisotopic (exact) mass is 374 g/mol. The first-order chi connectivity index (χ1) is 13.0. The third kappa shape index (κ3) is 5.04. The van der Waals surface area contributed by atoms with Crippen molar-refractivity contribution in [2.45, 2.75) is 13.0 Å². The molecule has 0 radical (unpaired) electrons. The van der Waals surface area contributed by atoms with E-state index in [0.717, 1.165) is 0 Å². The highest BCUT2D eigenvalue weighted by Crippen LogP contribution is 2.28. The van der Waals surface area contributed by atoms with E-state index in [4.69, 9.17) is 18.9 Å². The number of carbonyl (C=O) groups is 2. The molecule has 0 saturated carbocycles. The van der Waals surface area contributed by atoms with Crippen LogP contribution in [0, 0.1) is 0 Å². The fraction of sp³-hybridized carbons (Fsp3) is 0.263. The fourth-order valence-electron chi connectivity index (χ4n) is 2.23. The lowest BCUT2D eigenvalue weighted by Gasteiger charge is -2.17. The van der Waals surface area contributed by atoms with Gasteiger partial charge in [0.2, 0.25) is 0 Å². The Bertz CT molecular complexity index is 809. The summed E-state index contributed by atoms with van der Waals surface area (Å²) in [6.45, 7) is 1.56. The first kappa shape index (κ1) is 19.9. The molecule has 0 aromatic heterocycles. The van der Waals surface area contributed by atoms with Gasteiger partial charge in [-0.1, -0.05) is 12.1 Å². The number of hydrogen-bond acceptors (Lipinski definition) is 6. The Balaban J connectivity index is 1.95. The van der Waals surface area contributed by atoms with Crippen molar-refractivity contribution in [3.8, 4) is 23.0 Å². The molecule has 2 rings (SSSR count). The SMILES string of the molecule is COc1ccc(C(=O)NNC(=O)C(C)Oc2ccccc2OC)cc1OC. The van der Waals surface area contributed by atoms with Gasteiger partial charge in [-0.05, 0) is 37.3 Å². The lowest BCUT2D eigenvalue weighted by Crippen LogP contribution is -2.47. The third-order valence-electron chi connectivity index (χ3n) is 3.69. The molecule has 0 saturated heterocycles. The van der Waals surface area contributed by atoms with E-state index in [1.165, 1.54) is 27.4 Å². The van der Waals surface area contributed by atoms with Gasteiger partial charge < -0.3 is 18.9 Å². The molecule has 1 atom stereocenters. The average Bonchev–Trinajstić information content (AvgIpc) is 2.71. The molecule has 2 amide bonds. The van der Waals surface area contributed by atoms with Crippen molar-refractivity contribution in [1.82, 2.24) is 10.9 Å². The van der Waals surface area contributed by atoms with Gasteiger partial charge in [-0.3, -0.25) is 20.4 Å². The minimum atomic E-state index is -0.855. The van der Waals surface area contributed by atoms with Crippen LogP contribution in [0.5, 0.6) is 23.0 Å². The second-order valence-corrected chi connectivity index (χ2v) is 5.42. The summed E-state index contributed by atoms with van der Waals surface area (Å²) in [6, 6.07) is 11.6. The van der Waals surface area contributed by atoms with Crippen molar-refractivity contribution in [1.29, 1.82) is 0 Å². The molecule has 0 aliphatic heterocycles.